The molecule has 0 saturated carbocycles. The third-order valence-corrected chi connectivity index (χ3v) is 6.91. The van der Waals surface area contributed by atoms with Gasteiger partial charge in [-0.1, -0.05) is 141 Å². The summed E-state index contributed by atoms with van der Waals surface area (Å²) in [5.74, 6) is -0.779. The molecule has 0 aromatic heterocycles. The Hall–Kier alpha value is -1.05. The first-order valence-corrected chi connectivity index (χ1v) is 16.1. The third kappa shape index (κ3) is 41.0. The number of carbonyl (C=O) groups is 1. The van der Waals surface area contributed by atoms with E-state index >= 15 is 0 Å². The van der Waals surface area contributed by atoms with E-state index in [1.54, 1.807) is 0 Å². The number of rotatable bonds is 39. The molecule has 15 heteroatoms. The number of aliphatic carboxylic acids is 1. The lowest BCUT2D eigenvalue weighted by Gasteiger charge is -2.05. The minimum Gasteiger partial charge on any atom is -0.480 e. The highest BCUT2D eigenvalue weighted by Gasteiger charge is 1.99. The topological polar surface area (TPSA) is 171 Å². The Labute approximate surface area is 255 Å². The van der Waals surface area contributed by atoms with Gasteiger partial charge in [-0.3, -0.25) is 4.79 Å². The first-order chi connectivity index (χ1) is 21.3. The molecular weight excluding hydrogens is 574 g/mol. The fraction of sp³-hybridized carbons (Fsp3) is 0.964. The SMILES string of the molecule is O=C(O)CNCCCCCCCCCCCCCCCCCCCCCCCCCCOOOOOOOOOOOO. The van der Waals surface area contributed by atoms with Crippen LogP contribution in [0.3, 0.4) is 0 Å². The van der Waals surface area contributed by atoms with Crippen LogP contribution in [0.1, 0.15) is 154 Å². The van der Waals surface area contributed by atoms with Crippen molar-refractivity contribution < 1.29 is 70.4 Å². The maximum atomic E-state index is 10.4. The second kappa shape index (κ2) is 39.0. The minimum absolute atomic E-state index is 0.0749. The lowest BCUT2D eigenvalue weighted by Crippen LogP contribution is -2.23. The fourth-order valence-corrected chi connectivity index (χ4v) is 4.64. The van der Waals surface area contributed by atoms with Crippen molar-refractivity contribution in [1.29, 1.82) is 0 Å². The van der Waals surface area contributed by atoms with Gasteiger partial charge in [0.15, 0.2) is 0 Å². The van der Waals surface area contributed by atoms with Crippen molar-refractivity contribution in [3.8, 4) is 0 Å². The smallest absolute Gasteiger partial charge is 0.317 e. The second-order valence-electron chi connectivity index (χ2n) is 10.6. The van der Waals surface area contributed by atoms with E-state index in [2.05, 4.69) is 55.7 Å². The second-order valence-corrected chi connectivity index (χ2v) is 10.6. The van der Waals surface area contributed by atoms with Gasteiger partial charge in [0.1, 0.15) is 0 Å². The highest BCUT2D eigenvalue weighted by Crippen LogP contribution is 2.15. The average Bonchev–Trinajstić information content (AvgIpc) is 3.00. The summed E-state index contributed by atoms with van der Waals surface area (Å²) < 4.78 is 0. The first kappa shape index (κ1) is 42.0. The fourth-order valence-electron chi connectivity index (χ4n) is 4.64. The quantitative estimate of drug-likeness (QED) is 0.0340. The molecule has 0 spiro atoms. The predicted molar refractivity (Wildman–Crippen MR) is 151 cm³/mol. The number of carboxylic acid groups (broad SMARTS) is 1. The van der Waals surface area contributed by atoms with E-state index in [4.69, 9.17) is 15.3 Å². The molecular formula is C28H57NO14. The van der Waals surface area contributed by atoms with Crippen molar-refractivity contribution in [2.75, 3.05) is 19.7 Å². The Morgan fingerprint density at radius 3 is 1.07 bits per heavy atom. The van der Waals surface area contributed by atoms with Crippen molar-refractivity contribution in [3.63, 3.8) is 0 Å². The van der Waals surface area contributed by atoms with Crippen LogP contribution in [0, 0.1) is 0 Å². The molecule has 0 unspecified atom stereocenters. The third-order valence-electron chi connectivity index (χ3n) is 6.91. The van der Waals surface area contributed by atoms with Crippen LogP contribution in [0.2, 0.25) is 0 Å². The van der Waals surface area contributed by atoms with Crippen molar-refractivity contribution in [1.82, 2.24) is 5.32 Å². The Kier molecular flexibility index (Phi) is 38.0. The molecule has 258 valence electrons. The molecule has 0 aromatic carbocycles. The standard InChI is InChI=1S/C28H57NO14/c30-28(31)27-29-25-23-21-19-17-15-13-11-9-7-5-3-1-2-4-6-8-10-12-14-16-18-20-22-24-26-33-35-37-39-41-43-42-40-38-36-34-32/h29,32H,1-27H2,(H,30,31). The van der Waals surface area contributed by atoms with Crippen LogP contribution in [0.5, 0.6) is 0 Å². The molecule has 0 radical (unpaired) electrons. The van der Waals surface area contributed by atoms with Crippen LogP contribution >= 0.6 is 0 Å². The number of carboxylic acids is 1. The molecule has 0 aromatic rings. The maximum Gasteiger partial charge on any atom is 0.317 e. The number of hydrogen-bond donors (Lipinski definition) is 3. The van der Waals surface area contributed by atoms with Gasteiger partial charge in [0.2, 0.25) is 0 Å². The zero-order valence-electron chi connectivity index (χ0n) is 25.9. The van der Waals surface area contributed by atoms with Crippen molar-refractivity contribution in [3.05, 3.63) is 0 Å². The largest absolute Gasteiger partial charge is 0.480 e. The van der Waals surface area contributed by atoms with Crippen molar-refractivity contribution in [2.24, 2.45) is 0 Å². The van der Waals surface area contributed by atoms with E-state index in [-0.39, 0.29) is 6.54 Å². The van der Waals surface area contributed by atoms with Crippen molar-refractivity contribution in [2.45, 2.75) is 154 Å². The maximum absolute atomic E-state index is 10.4. The van der Waals surface area contributed by atoms with E-state index < -0.39 is 5.97 Å². The Morgan fingerprint density at radius 1 is 0.419 bits per heavy atom. The molecule has 0 aliphatic carbocycles. The number of unbranched alkanes of at least 4 members (excludes halogenated alkanes) is 23. The summed E-state index contributed by atoms with van der Waals surface area (Å²) in [6.45, 7) is 1.22. The summed E-state index contributed by atoms with van der Waals surface area (Å²) in [5.41, 5.74) is 0. The van der Waals surface area contributed by atoms with E-state index in [9.17, 15) is 4.79 Å². The van der Waals surface area contributed by atoms with Crippen LogP contribution < -0.4 is 5.32 Å². The van der Waals surface area contributed by atoms with Gasteiger partial charge in [-0.2, -0.15) is 0 Å². The zero-order chi connectivity index (χ0) is 31.2. The molecule has 15 nitrogen and oxygen atoms in total. The summed E-state index contributed by atoms with van der Waals surface area (Å²) in [6, 6.07) is 0. The van der Waals surface area contributed by atoms with Crippen LogP contribution in [0.4, 0.5) is 0 Å². The summed E-state index contributed by atoms with van der Waals surface area (Å²) in [7, 11) is 0. The molecule has 43 heavy (non-hydrogen) atoms. The average molecular weight is 632 g/mol. The summed E-state index contributed by atoms with van der Waals surface area (Å²) in [6.07, 6.45) is 30.9. The van der Waals surface area contributed by atoms with Crippen LogP contribution in [0.25, 0.3) is 0 Å². The molecule has 0 saturated heterocycles. The van der Waals surface area contributed by atoms with Gasteiger partial charge in [0.25, 0.3) is 0 Å². The summed E-state index contributed by atoms with van der Waals surface area (Å²) in [4.78, 5) is 15.1. The van der Waals surface area contributed by atoms with E-state index in [0.717, 1.165) is 32.2 Å². The van der Waals surface area contributed by atoms with E-state index in [1.807, 2.05) is 0 Å². The summed E-state index contributed by atoms with van der Waals surface area (Å²) in [5, 5.41) is 55.7. The highest BCUT2D eigenvalue weighted by molar-refractivity contribution is 5.68. The molecule has 0 amide bonds. The van der Waals surface area contributed by atoms with Gasteiger partial charge in [-0.05, 0) is 69.8 Å². The molecule has 0 fully saturated rings. The Balaban J connectivity index is 3.03. The number of nitrogens with one attached hydrogen (secondary N) is 1. The lowest BCUT2D eigenvalue weighted by atomic mass is 10.0. The van der Waals surface area contributed by atoms with Crippen LogP contribution in [-0.4, -0.2) is 36.0 Å². The Morgan fingerprint density at radius 2 is 0.721 bits per heavy atom. The van der Waals surface area contributed by atoms with E-state index in [1.165, 1.54) is 128 Å². The van der Waals surface area contributed by atoms with Gasteiger partial charge in [0.05, 0.1) is 13.2 Å². The molecule has 0 atom stereocenters. The number of hydrogen-bond acceptors (Lipinski definition) is 14. The van der Waals surface area contributed by atoms with Gasteiger partial charge in [-0.25, -0.2) is 10.1 Å². The molecule has 0 rings (SSSR count). The minimum atomic E-state index is -0.779. The normalized spacial score (nSPS) is 11.5. The zero-order valence-corrected chi connectivity index (χ0v) is 25.9. The molecule has 0 bridgehead atoms. The molecule has 3 N–H and O–H groups in total. The highest BCUT2D eigenvalue weighted by atomic mass is 18.0. The molecule has 0 aliphatic rings. The Bertz CT molecular complexity index is 536. The predicted octanol–water partition coefficient (Wildman–Crippen LogP) is 7.83. The van der Waals surface area contributed by atoms with Crippen molar-refractivity contribution >= 4 is 5.97 Å². The first-order valence-electron chi connectivity index (χ1n) is 16.1. The molecule has 0 heterocycles. The van der Waals surface area contributed by atoms with Gasteiger partial charge < -0.3 is 10.4 Å². The summed E-state index contributed by atoms with van der Waals surface area (Å²) >= 11 is 0. The molecule has 0 aliphatic heterocycles. The van der Waals surface area contributed by atoms with Crippen LogP contribution in [-0.2, 0) is 60.1 Å². The van der Waals surface area contributed by atoms with Gasteiger partial charge in [0, 0.05) is 0 Å². The van der Waals surface area contributed by atoms with Gasteiger partial charge >= 0.3 is 5.97 Å². The van der Waals surface area contributed by atoms with Gasteiger partial charge in [-0.15, -0.1) is 0 Å². The van der Waals surface area contributed by atoms with E-state index in [0.29, 0.717) is 6.61 Å². The lowest BCUT2D eigenvalue weighted by molar-refractivity contribution is -0.862. The van der Waals surface area contributed by atoms with Crippen LogP contribution in [0.15, 0.2) is 0 Å². The monoisotopic (exact) mass is 631 g/mol.